The van der Waals surface area contributed by atoms with E-state index in [2.05, 4.69) is 15.3 Å². The van der Waals surface area contributed by atoms with E-state index < -0.39 is 30.1 Å². The lowest BCUT2D eigenvalue weighted by atomic mass is 10.1. The van der Waals surface area contributed by atoms with Gasteiger partial charge in [-0.2, -0.15) is 5.26 Å². The van der Waals surface area contributed by atoms with Crippen LogP contribution >= 0.6 is 0 Å². The van der Waals surface area contributed by atoms with Gasteiger partial charge in [0.15, 0.2) is 11.4 Å². The van der Waals surface area contributed by atoms with Crippen LogP contribution in [0.25, 0.3) is 17.0 Å². The highest BCUT2D eigenvalue weighted by molar-refractivity contribution is 6.27. The Morgan fingerprint density at radius 3 is 2.24 bits per heavy atom. The number of carbonyl (C=O) groups is 5. The lowest BCUT2D eigenvalue weighted by Crippen LogP contribution is -2.40. The number of esters is 1. The first kappa shape index (κ1) is 41.6. The molecule has 1 unspecified atom stereocenters. The number of anilines is 1. The minimum absolute atomic E-state index is 0.0737. The molecule has 1 atom stereocenters. The quantitative estimate of drug-likeness (QED) is 0.0836. The molecule has 0 amide bonds. The number of aromatic nitrogens is 4. The smallest absolute Gasteiger partial charge is 0.414 e. The molecule has 1 aliphatic heterocycles. The number of rotatable bonds is 13. The monoisotopic (exact) mass is 714 g/mol. The first-order valence-corrected chi connectivity index (χ1v) is 15.6. The number of nitriles is 1. The Balaban J connectivity index is 0.000000543. The zero-order valence-electron chi connectivity index (χ0n) is 28.9. The van der Waals surface area contributed by atoms with Crippen LogP contribution in [0.15, 0.2) is 30.7 Å². The van der Waals surface area contributed by atoms with Crippen molar-refractivity contribution >= 4 is 46.6 Å². The second-order valence-corrected chi connectivity index (χ2v) is 11.2. The molecule has 1 aliphatic rings. The fourth-order valence-corrected chi connectivity index (χ4v) is 4.25. The summed E-state index contributed by atoms with van der Waals surface area (Å²) in [7, 11) is 7.04. The van der Waals surface area contributed by atoms with Crippen LogP contribution in [-0.2, 0) is 33.4 Å². The summed E-state index contributed by atoms with van der Waals surface area (Å²) in [6.07, 6.45) is 3.79. The van der Waals surface area contributed by atoms with Crippen LogP contribution in [0.5, 0.6) is 0 Å². The third-order valence-corrected chi connectivity index (χ3v) is 6.80. The van der Waals surface area contributed by atoms with Gasteiger partial charge in [-0.25, -0.2) is 29.3 Å². The predicted octanol–water partition coefficient (Wildman–Crippen LogP) is 1.11. The molecular formula is C32H42N8O11. The van der Waals surface area contributed by atoms with Crippen LogP contribution < -0.4 is 5.32 Å². The number of carboxylic acid groups (broad SMARTS) is 3. The molecule has 0 saturated carbocycles. The van der Waals surface area contributed by atoms with Crippen molar-refractivity contribution in [3.8, 4) is 11.9 Å². The molecule has 19 nitrogen and oxygen atoms in total. The predicted molar refractivity (Wildman–Crippen MR) is 179 cm³/mol. The maximum absolute atomic E-state index is 13.3. The summed E-state index contributed by atoms with van der Waals surface area (Å²) in [6.45, 7) is 3.41. The molecule has 4 heterocycles. The van der Waals surface area contributed by atoms with Gasteiger partial charge in [0.2, 0.25) is 6.23 Å². The van der Waals surface area contributed by atoms with Gasteiger partial charge in [0.1, 0.15) is 36.2 Å². The van der Waals surface area contributed by atoms with Gasteiger partial charge in [0, 0.05) is 32.0 Å². The second-order valence-electron chi connectivity index (χ2n) is 11.2. The number of carbonyl (C=O) groups excluding carboxylic acids is 2. The third-order valence-electron chi connectivity index (χ3n) is 6.80. The molecule has 4 N–H and O–H groups in total. The number of likely N-dealkylation sites (N-methyl/N-ethyl adjacent to an activating group) is 1. The van der Waals surface area contributed by atoms with Gasteiger partial charge in [-0.05, 0) is 66.2 Å². The fraction of sp³-hybridized carbons (Fsp3) is 0.469. The number of fused-ring (bicyclic) bond motifs is 1. The maximum atomic E-state index is 13.3. The molecule has 0 bridgehead atoms. The minimum Gasteiger partial charge on any atom is -0.481 e. The molecular weight excluding hydrogens is 672 g/mol. The summed E-state index contributed by atoms with van der Waals surface area (Å²) in [5.74, 6) is -4.38. The van der Waals surface area contributed by atoms with E-state index in [0.717, 1.165) is 12.8 Å². The Bertz CT molecular complexity index is 1670. The number of Topliss-reactive ketones (excluding diaryl/α,β-unsaturated/α-hetero) is 1. The van der Waals surface area contributed by atoms with Crippen molar-refractivity contribution in [1.82, 2.24) is 29.3 Å². The number of hydrogen-bond donors (Lipinski definition) is 4. The van der Waals surface area contributed by atoms with E-state index in [9.17, 15) is 14.4 Å². The van der Waals surface area contributed by atoms with Gasteiger partial charge in [-0.3, -0.25) is 19.1 Å². The summed E-state index contributed by atoms with van der Waals surface area (Å²) >= 11 is 0. The van der Waals surface area contributed by atoms with Gasteiger partial charge >= 0.3 is 23.9 Å². The van der Waals surface area contributed by atoms with Crippen LogP contribution in [0, 0.1) is 11.3 Å². The normalized spacial score (nSPS) is 13.2. The van der Waals surface area contributed by atoms with E-state index in [1.54, 1.807) is 55.0 Å². The maximum Gasteiger partial charge on any atom is 0.414 e. The summed E-state index contributed by atoms with van der Waals surface area (Å²) in [4.78, 5) is 70.5. The average molecular weight is 715 g/mol. The van der Waals surface area contributed by atoms with E-state index in [4.69, 9.17) is 49.4 Å². The van der Waals surface area contributed by atoms with Crippen molar-refractivity contribution in [2.24, 2.45) is 0 Å². The zero-order chi connectivity index (χ0) is 38.1. The first-order chi connectivity index (χ1) is 24.2. The molecule has 1 saturated heterocycles. The van der Waals surface area contributed by atoms with Crippen molar-refractivity contribution in [2.45, 2.75) is 38.5 Å². The highest BCUT2D eigenvalue weighted by Gasteiger charge is 2.26. The van der Waals surface area contributed by atoms with Gasteiger partial charge in [0.25, 0.3) is 0 Å². The number of nitrogens with one attached hydrogen (secondary N) is 1. The van der Waals surface area contributed by atoms with Crippen LogP contribution in [0.3, 0.4) is 0 Å². The highest BCUT2D eigenvalue weighted by atomic mass is 16.6. The molecule has 51 heavy (non-hydrogen) atoms. The lowest BCUT2D eigenvalue weighted by molar-refractivity contribution is -0.166. The molecule has 4 rings (SSSR count). The zero-order valence-corrected chi connectivity index (χ0v) is 28.9. The first-order valence-electron chi connectivity index (χ1n) is 15.6. The number of ketones is 1. The summed E-state index contributed by atoms with van der Waals surface area (Å²) in [5.41, 5.74) is 1.73. The van der Waals surface area contributed by atoms with Crippen molar-refractivity contribution < 1.29 is 53.5 Å². The summed E-state index contributed by atoms with van der Waals surface area (Å²) in [5, 5.41) is 35.4. The number of carboxylic acids is 3. The molecule has 0 aromatic carbocycles. The van der Waals surface area contributed by atoms with Crippen molar-refractivity contribution in [1.29, 1.82) is 5.26 Å². The average Bonchev–Trinajstić information content (AvgIpc) is 3.50. The summed E-state index contributed by atoms with van der Waals surface area (Å²) in [6, 6.07) is 7.15. The molecule has 3 aromatic rings. The molecule has 0 spiro atoms. The SMILES string of the molecule is CCOC(=O)C(OCC(=O)c1cc2ncn(-c3ccc(C#N)cn3)c2nc1NC1CCOCC1)N(C)C.CN(C)CCC(=O)O.O=C(O)C(=O)O. The van der Waals surface area contributed by atoms with Crippen LogP contribution in [0.4, 0.5) is 5.82 Å². The Hall–Kier alpha value is -5.55. The third kappa shape index (κ3) is 13.7. The molecule has 0 aliphatic carbocycles. The van der Waals surface area contributed by atoms with Crippen LogP contribution in [0.1, 0.15) is 42.1 Å². The van der Waals surface area contributed by atoms with Crippen molar-refractivity contribution in [2.75, 3.05) is 66.5 Å². The van der Waals surface area contributed by atoms with E-state index in [1.165, 1.54) is 6.20 Å². The Morgan fingerprint density at radius 2 is 1.75 bits per heavy atom. The molecule has 0 radical (unpaired) electrons. The number of hydrogen-bond acceptors (Lipinski definition) is 15. The van der Waals surface area contributed by atoms with Gasteiger partial charge in [0.05, 0.1) is 24.2 Å². The number of imidazole rings is 1. The minimum atomic E-state index is -1.82. The van der Waals surface area contributed by atoms with E-state index >= 15 is 0 Å². The van der Waals surface area contributed by atoms with E-state index in [1.807, 2.05) is 25.1 Å². The van der Waals surface area contributed by atoms with E-state index in [-0.39, 0.29) is 31.5 Å². The van der Waals surface area contributed by atoms with Gasteiger partial charge < -0.3 is 39.7 Å². The number of pyridine rings is 2. The van der Waals surface area contributed by atoms with Crippen molar-refractivity contribution in [3.05, 3.63) is 41.9 Å². The van der Waals surface area contributed by atoms with Crippen molar-refractivity contribution in [3.63, 3.8) is 0 Å². The Kier molecular flexibility index (Phi) is 17.0. The van der Waals surface area contributed by atoms with Crippen LogP contribution in [0.2, 0.25) is 0 Å². The van der Waals surface area contributed by atoms with Gasteiger partial charge in [-0.15, -0.1) is 0 Å². The topological polar surface area (TPSA) is 260 Å². The molecule has 3 aromatic heterocycles. The van der Waals surface area contributed by atoms with E-state index in [0.29, 0.717) is 53.7 Å². The Labute approximate surface area is 293 Å². The van der Waals surface area contributed by atoms with Gasteiger partial charge in [-0.1, -0.05) is 0 Å². The molecule has 19 heteroatoms. The standard InChI is InChI=1S/C25H29N7O5.C5H11NO2.C2H2O4/c1-4-36-25(34)24(31(2)3)37-14-20(33)18-11-19-23(30-22(18)29-17-7-9-35-10-8-17)32(15-28-19)21-6-5-16(12-26)13-27-21;1-6(2)4-3-5(7)8;3-1(4)2(5)6/h5-6,11,13,15,17,24H,4,7-10,14H2,1-3H3,(H,29,30);3-4H2,1-2H3,(H,7,8);(H,3,4)(H,5,6). The number of nitrogens with zero attached hydrogens (tertiary/aromatic N) is 7. The second kappa shape index (κ2) is 20.8. The molecule has 276 valence electrons. The fourth-order valence-electron chi connectivity index (χ4n) is 4.25. The largest absolute Gasteiger partial charge is 0.481 e. The molecule has 1 fully saturated rings. The van der Waals surface area contributed by atoms with Crippen LogP contribution in [-0.4, -0.2) is 148 Å². The Morgan fingerprint density at radius 1 is 1.08 bits per heavy atom. The number of aliphatic carboxylic acids is 3. The summed E-state index contributed by atoms with van der Waals surface area (Å²) < 4.78 is 17.9. The number of ether oxygens (including phenoxy) is 3. The highest BCUT2D eigenvalue weighted by Crippen LogP contribution is 2.25. The lowest BCUT2D eigenvalue weighted by Gasteiger charge is -2.25.